The lowest BCUT2D eigenvalue weighted by molar-refractivity contribution is 0.122. The molecule has 0 bridgehead atoms. The number of methoxy groups -OCH3 is 1. The van der Waals surface area contributed by atoms with E-state index in [1.54, 1.807) is 7.11 Å². The van der Waals surface area contributed by atoms with Crippen LogP contribution in [0.5, 0.6) is 5.75 Å². The number of anilines is 2. The number of rotatable bonds is 6. The molecule has 1 aliphatic rings. The zero-order chi connectivity index (χ0) is 16.9. The molecule has 24 heavy (non-hydrogen) atoms. The number of nitrogens with one attached hydrogen (secondary N) is 1. The Morgan fingerprint density at radius 3 is 2.79 bits per heavy atom. The van der Waals surface area contributed by atoms with Gasteiger partial charge in [0.1, 0.15) is 11.6 Å². The molecule has 0 unspecified atom stereocenters. The number of fused-ring (bicyclic) bond motifs is 1. The summed E-state index contributed by atoms with van der Waals surface area (Å²) in [6.45, 7) is 5.03. The topological polar surface area (TPSA) is 49.9 Å². The second kappa shape index (κ2) is 7.68. The van der Waals surface area contributed by atoms with Gasteiger partial charge in [0.2, 0.25) is 0 Å². The summed E-state index contributed by atoms with van der Waals surface area (Å²) < 4.78 is 11.1. The first-order valence-electron chi connectivity index (χ1n) is 8.37. The quantitative estimate of drug-likeness (QED) is 0.875. The van der Waals surface area contributed by atoms with E-state index in [0.717, 1.165) is 67.4 Å². The van der Waals surface area contributed by atoms with Crippen molar-refractivity contribution in [2.75, 3.05) is 70.8 Å². The minimum Gasteiger partial charge on any atom is -0.496 e. The Hall–Kier alpha value is -2.05. The summed E-state index contributed by atoms with van der Waals surface area (Å²) in [5.74, 6) is 1.83. The van der Waals surface area contributed by atoms with Crippen molar-refractivity contribution >= 4 is 22.3 Å². The first-order valence-corrected chi connectivity index (χ1v) is 8.37. The van der Waals surface area contributed by atoms with Crippen LogP contribution < -0.4 is 15.0 Å². The number of benzene rings is 1. The molecule has 0 saturated carbocycles. The Balaban J connectivity index is 2.00. The molecular formula is C18H26N4O2. The number of hydrogen-bond donors (Lipinski definition) is 1. The molecular weight excluding hydrogens is 304 g/mol. The molecule has 1 aromatic heterocycles. The van der Waals surface area contributed by atoms with E-state index in [1.165, 1.54) is 0 Å². The van der Waals surface area contributed by atoms with E-state index in [1.807, 2.05) is 18.3 Å². The van der Waals surface area contributed by atoms with Crippen LogP contribution in [-0.2, 0) is 4.74 Å². The summed E-state index contributed by atoms with van der Waals surface area (Å²) in [4.78, 5) is 9.18. The van der Waals surface area contributed by atoms with E-state index in [-0.39, 0.29) is 0 Å². The lowest BCUT2D eigenvalue weighted by atomic mass is 10.1. The monoisotopic (exact) mass is 330 g/mol. The highest BCUT2D eigenvalue weighted by Crippen LogP contribution is 2.37. The first kappa shape index (κ1) is 16.8. The molecule has 1 fully saturated rings. The van der Waals surface area contributed by atoms with Gasteiger partial charge in [-0.15, -0.1) is 0 Å². The molecule has 1 aliphatic heterocycles. The van der Waals surface area contributed by atoms with Crippen molar-refractivity contribution < 1.29 is 9.47 Å². The highest BCUT2D eigenvalue weighted by atomic mass is 16.5. The van der Waals surface area contributed by atoms with Gasteiger partial charge in [-0.3, -0.25) is 0 Å². The van der Waals surface area contributed by atoms with Crippen LogP contribution in [0.4, 0.5) is 11.5 Å². The second-order valence-corrected chi connectivity index (χ2v) is 6.21. The number of pyridine rings is 1. The van der Waals surface area contributed by atoms with Gasteiger partial charge in [0.05, 0.1) is 37.6 Å². The maximum atomic E-state index is 5.62. The van der Waals surface area contributed by atoms with Crippen LogP contribution in [0.25, 0.3) is 10.8 Å². The normalized spacial score (nSPS) is 15.1. The summed E-state index contributed by atoms with van der Waals surface area (Å²) in [5.41, 5.74) is 1.04. The number of aromatic nitrogens is 1. The Morgan fingerprint density at radius 1 is 1.29 bits per heavy atom. The third-order valence-electron chi connectivity index (χ3n) is 4.26. The predicted octanol–water partition coefficient (Wildman–Crippen LogP) is 2.05. The lowest BCUT2D eigenvalue weighted by Gasteiger charge is -2.29. The van der Waals surface area contributed by atoms with Gasteiger partial charge in [-0.05, 0) is 20.2 Å². The second-order valence-electron chi connectivity index (χ2n) is 6.21. The SMILES string of the molecule is COc1cccc2c(NCCN(C)C)cnc(N3CCOCC3)c12. The Kier molecular flexibility index (Phi) is 5.37. The average Bonchev–Trinajstić information content (AvgIpc) is 2.61. The number of morpholine rings is 1. The van der Waals surface area contributed by atoms with E-state index in [9.17, 15) is 0 Å². The molecule has 130 valence electrons. The van der Waals surface area contributed by atoms with E-state index in [4.69, 9.17) is 14.5 Å². The first-order chi connectivity index (χ1) is 11.7. The fourth-order valence-electron chi connectivity index (χ4n) is 2.99. The maximum Gasteiger partial charge on any atom is 0.140 e. The smallest absolute Gasteiger partial charge is 0.140 e. The van der Waals surface area contributed by atoms with Gasteiger partial charge in [0.25, 0.3) is 0 Å². The van der Waals surface area contributed by atoms with Crippen molar-refractivity contribution in [1.82, 2.24) is 9.88 Å². The molecule has 6 nitrogen and oxygen atoms in total. The number of nitrogens with zero attached hydrogens (tertiary/aromatic N) is 3. The average molecular weight is 330 g/mol. The van der Waals surface area contributed by atoms with Gasteiger partial charge in [0, 0.05) is 31.6 Å². The summed E-state index contributed by atoms with van der Waals surface area (Å²) >= 11 is 0. The van der Waals surface area contributed by atoms with Gasteiger partial charge < -0.3 is 24.6 Å². The molecule has 2 heterocycles. The Bertz CT molecular complexity index is 684. The van der Waals surface area contributed by atoms with Crippen LogP contribution in [0.1, 0.15) is 0 Å². The minimum absolute atomic E-state index is 0.737. The lowest BCUT2D eigenvalue weighted by Crippen LogP contribution is -2.37. The standard InChI is InChI=1S/C18H26N4O2/c1-21(2)8-7-19-15-13-20-18(22-9-11-24-12-10-22)17-14(15)5-4-6-16(17)23-3/h4-6,13,19H,7-12H2,1-3H3. The summed E-state index contributed by atoms with van der Waals surface area (Å²) in [5, 5.41) is 5.71. The molecule has 1 aromatic carbocycles. The van der Waals surface area contributed by atoms with Crippen molar-refractivity contribution in [2.45, 2.75) is 0 Å². The summed E-state index contributed by atoms with van der Waals surface area (Å²) in [6, 6.07) is 6.15. The molecule has 0 spiro atoms. The number of likely N-dealkylation sites (N-methyl/N-ethyl adjacent to an activating group) is 1. The van der Waals surface area contributed by atoms with Crippen LogP contribution in [0.15, 0.2) is 24.4 Å². The fourth-order valence-corrected chi connectivity index (χ4v) is 2.99. The molecule has 6 heteroatoms. The number of hydrogen-bond acceptors (Lipinski definition) is 6. The van der Waals surface area contributed by atoms with Crippen LogP contribution in [0.2, 0.25) is 0 Å². The van der Waals surface area contributed by atoms with Gasteiger partial charge >= 0.3 is 0 Å². The zero-order valence-corrected chi connectivity index (χ0v) is 14.7. The third-order valence-corrected chi connectivity index (χ3v) is 4.26. The fraction of sp³-hybridized carbons (Fsp3) is 0.500. The van der Waals surface area contributed by atoms with Gasteiger partial charge in [0.15, 0.2) is 0 Å². The van der Waals surface area contributed by atoms with Crippen molar-refractivity contribution in [1.29, 1.82) is 0 Å². The maximum absolute atomic E-state index is 5.62. The molecule has 3 rings (SSSR count). The summed E-state index contributed by atoms with van der Waals surface area (Å²) in [7, 11) is 5.86. The van der Waals surface area contributed by atoms with Crippen molar-refractivity contribution in [3.63, 3.8) is 0 Å². The number of ether oxygens (including phenoxy) is 2. The predicted molar refractivity (Wildman–Crippen MR) is 98.4 cm³/mol. The van der Waals surface area contributed by atoms with Crippen molar-refractivity contribution in [3.05, 3.63) is 24.4 Å². The van der Waals surface area contributed by atoms with Crippen LogP contribution >= 0.6 is 0 Å². The molecule has 0 amide bonds. The van der Waals surface area contributed by atoms with E-state index >= 15 is 0 Å². The van der Waals surface area contributed by atoms with Crippen molar-refractivity contribution in [2.24, 2.45) is 0 Å². The van der Waals surface area contributed by atoms with Gasteiger partial charge in [-0.1, -0.05) is 12.1 Å². The van der Waals surface area contributed by atoms with Crippen molar-refractivity contribution in [3.8, 4) is 5.75 Å². The third kappa shape index (κ3) is 3.55. The van der Waals surface area contributed by atoms with E-state index in [0.29, 0.717) is 0 Å². The minimum atomic E-state index is 0.737. The molecule has 0 aliphatic carbocycles. The Morgan fingerprint density at radius 2 is 2.08 bits per heavy atom. The molecule has 2 aromatic rings. The highest BCUT2D eigenvalue weighted by Gasteiger charge is 2.19. The van der Waals surface area contributed by atoms with E-state index in [2.05, 4.69) is 35.3 Å². The molecule has 0 atom stereocenters. The Labute approximate surface area is 143 Å². The van der Waals surface area contributed by atoms with E-state index < -0.39 is 0 Å². The molecule has 1 saturated heterocycles. The van der Waals surface area contributed by atoms with Gasteiger partial charge in [-0.2, -0.15) is 0 Å². The molecule has 0 radical (unpaired) electrons. The van der Waals surface area contributed by atoms with Crippen LogP contribution in [0, 0.1) is 0 Å². The van der Waals surface area contributed by atoms with Crippen LogP contribution in [0.3, 0.4) is 0 Å². The van der Waals surface area contributed by atoms with Crippen LogP contribution in [-0.4, -0.2) is 70.5 Å². The highest BCUT2D eigenvalue weighted by molar-refractivity contribution is 6.04. The zero-order valence-electron chi connectivity index (χ0n) is 14.7. The van der Waals surface area contributed by atoms with Gasteiger partial charge in [-0.25, -0.2) is 4.98 Å². The largest absolute Gasteiger partial charge is 0.496 e. The molecule has 1 N–H and O–H groups in total. The summed E-state index contributed by atoms with van der Waals surface area (Å²) in [6.07, 6.45) is 1.93.